The second kappa shape index (κ2) is 3.19. The van der Waals surface area contributed by atoms with Gasteiger partial charge in [-0.2, -0.15) is 13.2 Å². The molecule has 0 bridgehead atoms. The summed E-state index contributed by atoms with van der Waals surface area (Å²) in [5.74, 6) is -1.38. The first-order valence-electron chi connectivity index (χ1n) is 3.43. The van der Waals surface area contributed by atoms with E-state index in [1.54, 1.807) is 0 Å². The van der Waals surface area contributed by atoms with Crippen molar-refractivity contribution in [2.24, 2.45) is 5.92 Å². The summed E-state index contributed by atoms with van der Waals surface area (Å²) in [6.45, 7) is 0.540. The van der Waals surface area contributed by atoms with Gasteiger partial charge in [0.1, 0.15) is 0 Å². The lowest BCUT2D eigenvalue weighted by Crippen LogP contribution is -2.45. The fourth-order valence-corrected chi connectivity index (χ4v) is 1.49. The van der Waals surface area contributed by atoms with Crippen LogP contribution in [0.5, 0.6) is 0 Å². The number of hydrogen-bond donors (Lipinski definition) is 1. The molecule has 1 saturated heterocycles. The van der Waals surface area contributed by atoms with Gasteiger partial charge >= 0.3 is 6.18 Å². The highest BCUT2D eigenvalue weighted by Gasteiger charge is 2.44. The third-order valence-electron chi connectivity index (χ3n) is 1.82. The van der Waals surface area contributed by atoms with E-state index in [0.717, 1.165) is 0 Å². The standard InChI is InChI=1S/C6H9ClF3N/c7-5-1-2-11-3-4(5)6(8,9)10/h4-5,11H,1-3H2. The van der Waals surface area contributed by atoms with Crippen LogP contribution in [0.4, 0.5) is 13.2 Å². The minimum Gasteiger partial charge on any atom is -0.316 e. The Hall–Kier alpha value is 0.0400. The van der Waals surface area contributed by atoms with Gasteiger partial charge in [-0.15, -0.1) is 11.6 Å². The highest BCUT2D eigenvalue weighted by atomic mass is 35.5. The highest BCUT2D eigenvalue weighted by Crippen LogP contribution is 2.33. The van der Waals surface area contributed by atoms with Crippen molar-refractivity contribution >= 4 is 11.6 Å². The van der Waals surface area contributed by atoms with Crippen LogP contribution in [0, 0.1) is 5.92 Å². The van der Waals surface area contributed by atoms with Gasteiger partial charge in [0.2, 0.25) is 0 Å². The predicted octanol–water partition coefficient (Wildman–Crippen LogP) is 1.77. The fraction of sp³-hybridized carbons (Fsp3) is 1.00. The van der Waals surface area contributed by atoms with Crippen LogP contribution in [-0.4, -0.2) is 24.6 Å². The van der Waals surface area contributed by atoms with Crippen molar-refractivity contribution in [3.8, 4) is 0 Å². The molecule has 0 spiro atoms. The number of nitrogens with one attached hydrogen (secondary N) is 1. The molecule has 5 heteroatoms. The second-order valence-corrected chi connectivity index (χ2v) is 3.22. The summed E-state index contributed by atoms with van der Waals surface area (Å²) < 4.78 is 36.2. The maximum absolute atomic E-state index is 12.1. The van der Waals surface area contributed by atoms with Gasteiger partial charge in [-0.3, -0.25) is 0 Å². The van der Waals surface area contributed by atoms with E-state index in [4.69, 9.17) is 11.6 Å². The third-order valence-corrected chi connectivity index (χ3v) is 2.34. The van der Waals surface area contributed by atoms with Gasteiger partial charge in [-0.1, -0.05) is 0 Å². The number of piperidine rings is 1. The van der Waals surface area contributed by atoms with Crippen LogP contribution in [0.1, 0.15) is 6.42 Å². The topological polar surface area (TPSA) is 12.0 Å². The van der Waals surface area contributed by atoms with Crippen molar-refractivity contribution in [1.29, 1.82) is 0 Å². The Kier molecular flexibility index (Phi) is 2.65. The Bertz CT molecular complexity index is 136. The highest BCUT2D eigenvalue weighted by molar-refractivity contribution is 6.20. The van der Waals surface area contributed by atoms with Crippen LogP contribution in [0.25, 0.3) is 0 Å². The second-order valence-electron chi connectivity index (χ2n) is 2.66. The molecule has 1 aliphatic rings. The summed E-state index contributed by atoms with van der Waals surface area (Å²) in [6.07, 6.45) is -3.76. The van der Waals surface area contributed by atoms with Crippen molar-refractivity contribution in [3.05, 3.63) is 0 Å². The molecule has 1 aliphatic heterocycles. The van der Waals surface area contributed by atoms with E-state index < -0.39 is 17.5 Å². The molecule has 1 fully saturated rings. The van der Waals surface area contributed by atoms with Crippen molar-refractivity contribution in [3.63, 3.8) is 0 Å². The van der Waals surface area contributed by atoms with Crippen LogP contribution in [0.15, 0.2) is 0 Å². The molecule has 1 heterocycles. The molecule has 66 valence electrons. The fourth-order valence-electron chi connectivity index (χ4n) is 1.15. The molecule has 0 aromatic heterocycles. The molecule has 0 aromatic carbocycles. The van der Waals surface area contributed by atoms with Gasteiger partial charge in [0.25, 0.3) is 0 Å². The zero-order valence-corrected chi connectivity index (χ0v) is 6.54. The lowest BCUT2D eigenvalue weighted by atomic mass is 9.99. The van der Waals surface area contributed by atoms with Crippen LogP contribution in [0.2, 0.25) is 0 Å². The molecule has 2 atom stereocenters. The van der Waals surface area contributed by atoms with E-state index in [0.29, 0.717) is 13.0 Å². The molecule has 0 saturated carbocycles. The lowest BCUT2D eigenvalue weighted by Gasteiger charge is -2.29. The summed E-state index contributed by atoms with van der Waals surface area (Å²) >= 11 is 5.51. The Labute approximate surface area is 67.9 Å². The van der Waals surface area contributed by atoms with Gasteiger partial charge in [0, 0.05) is 11.9 Å². The lowest BCUT2D eigenvalue weighted by molar-refractivity contribution is -0.176. The first kappa shape index (κ1) is 9.13. The van der Waals surface area contributed by atoms with Gasteiger partial charge in [-0.05, 0) is 13.0 Å². The monoisotopic (exact) mass is 187 g/mol. The van der Waals surface area contributed by atoms with Crippen LogP contribution >= 0.6 is 11.6 Å². The molecule has 0 radical (unpaired) electrons. The van der Waals surface area contributed by atoms with Crippen LogP contribution < -0.4 is 5.32 Å². The Morgan fingerprint density at radius 2 is 2.00 bits per heavy atom. The third kappa shape index (κ3) is 2.24. The van der Waals surface area contributed by atoms with E-state index in [-0.39, 0.29) is 6.54 Å². The minimum atomic E-state index is -4.15. The summed E-state index contributed by atoms with van der Waals surface area (Å²) in [7, 11) is 0. The van der Waals surface area contributed by atoms with Gasteiger partial charge in [0.15, 0.2) is 0 Å². The molecule has 0 aliphatic carbocycles. The summed E-state index contributed by atoms with van der Waals surface area (Å²) in [6, 6.07) is 0. The molecule has 1 rings (SSSR count). The van der Waals surface area contributed by atoms with Crippen molar-refractivity contribution < 1.29 is 13.2 Å². The molecule has 1 N–H and O–H groups in total. The average molecular weight is 188 g/mol. The maximum Gasteiger partial charge on any atom is 0.394 e. The first-order valence-corrected chi connectivity index (χ1v) is 3.87. The Morgan fingerprint density at radius 1 is 1.36 bits per heavy atom. The van der Waals surface area contributed by atoms with Crippen LogP contribution in [-0.2, 0) is 0 Å². The maximum atomic E-state index is 12.1. The minimum absolute atomic E-state index is 0.0440. The predicted molar refractivity (Wildman–Crippen MR) is 36.7 cm³/mol. The van der Waals surface area contributed by atoms with Crippen molar-refractivity contribution in [2.45, 2.75) is 18.0 Å². The zero-order chi connectivity index (χ0) is 8.48. The summed E-state index contributed by atoms with van der Waals surface area (Å²) in [4.78, 5) is 0. The first-order chi connectivity index (χ1) is 5.02. The largest absolute Gasteiger partial charge is 0.394 e. The molecule has 11 heavy (non-hydrogen) atoms. The Balaban J connectivity index is 2.55. The van der Waals surface area contributed by atoms with Crippen LogP contribution in [0.3, 0.4) is 0 Å². The number of alkyl halides is 4. The molecule has 0 aromatic rings. The van der Waals surface area contributed by atoms with Gasteiger partial charge in [-0.25, -0.2) is 0 Å². The van der Waals surface area contributed by atoms with E-state index in [1.165, 1.54) is 0 Å². The van der Waals surface area contributed by atoms with E-state index >= 15 is 0 Å². The number of hydrogen-bond acceptors (Lipinski definition) is 1. The van der Waals surface area contributed by atoms with E-state index in [2.05, 4.69) is 5.32 Å². The molecule has 0 amide bonds. The molecule has 2 unspecified atom stereocenters. The Morgan fingerprint density at radius 3 is 2.36 bits per heavy atom. The molecular formula is C6H9ClF3N. The van der Waals surface area contributed by atoms with Crippen molar-refractivity contribution in [1.82, 2.24) is 5.32 Å². The molecule has 1 nitrogen and oxygen atoms in total. The van der Waals surface area contributed by atoms with Gasteiger partial charge in [0.05, 0.1) is 5.92 Å². The quantitative estimate of drug-likeness (QED) is 0.570. The van der Waals surface area contributed by atoms with Gasteiger partial charge < -0.3 is 5.32 Å². The van der Waals surface area contributed by atoms with Crippen molar-refractivity contribution in [2.75, 3.05) is 13.1 Å². The number of rotatable bonds is 0. The number of halogens is 4. The smallest absolute Gasteiger partial charge is 0.316 e. The zero-order valence-electron chi connectivity index (χ0n) is 5.79. The normalized spacial score (nSPS) is 33.8. The van der Waals surface area contributed by atoms with E-state index in [1.807, 2.05) is 0 Å². The SMILES string of the molecule is FC(F)(F)C1CNCCC1Cl. The summed E-state index contributed by atoms with van der Waals surface area (Å²) in [5.41, 5.74) is 0. The molecular weight excluding hydrogens is 179 g/mol. The van der Waals surface area contributed by atoms with E-state index in [9.17, 15) is 13.2 Å². The average Bonchev–Trinajstić information content (AvgIpc) is 1.86. The summed E-state index contributed by atoms with van der Waals surface area (Å²) in [5, 5.41) is 1.91.